The van der Waals surface area contributed by atoms with E-state index >= 15 is 0 Å². The van der Waals surface area contributed by atoms with Gasteiger partial charge in [0, 0.05) is 36.0 Å². The maximum atomic E-state index is 11.8. The number of pyridine rings is 1. The molecular weight excluding hydrogens is 448 g/mol. The van der Waals surface area contributed by atoms with Gasteiger partial charge in [0.25, 0.3) is 0 Å². The fraction of sp³-hybridized carbons (Fsp3) is 0.542. The lowest BCUT2D eigenvalue weighted by molar-refractivity contribution is 0.186. The van der Waals surface area contributed by atoms with Crippen molar-refractivity contribution in [2.45, 2.75) is 52.0 Å². The number of methoxy groups -OCH3 is 2. The van der Waals surface area contributed by atoms with Crippen molar-refractivity contribution in [1.82, 2.24) is 30.0 Å². The van der Waals surface area contributed by atoms with Crippen molar-refractivity contribution in [3.8, 4) is 5.75 Å². The molecule has 0 bridgehead atoms. The Bertz CT molecular complexity index is 1170. The maximum absolute atomic E-state index is 11.8. The third-order valence-electron chi connectivity index (χ3n) is 6.24. The van der Waals surface area contributed by atoms with Crippen molar-refractivity contribution in [1.29, 1.82) is 0 Å². The molecule has 1 saturated heterocycles. The molecule has 0 unspecified atom stereocenters. The molecular formula is C24H34N8O3. The van der Waals surface area contributed by atoms with Crippen LogP contribution < -0.4 is 20.7 Å². The third-order valence-corrected chi connectivity index (χ3v) is 6.24. The van der Waals surface area contributed by atoms with Crippen LogP contribution in [0, 0.1) is 6.92 Å². The number of rotatable bonds is 9. The molecule has 0 aromatic carbocycles. The van der Waals surface area contributed by atoms with E-state index in [2.05, 4.69) is 38.9 Å². The van der Waals surface area contributed by atoms with Crippen LogP contribution in [0.1, 0.15) is 55.5 Å². The Morgan fingerprint density at radius 1 is 1.26 bits per heavy atom. The van der Waals surface area contributed by atoms with E-state index < -0.39 is 6.09 Å². The van der Waals surface area contributed by atoms with Gasteiger partial charge in [-0.3, -0.25) is 15.0 Å². The number of ether oxygens (including phenoxy) is 2. The number of carbonyl (C=O) groups excluding carboxylic acids is 1. The predicted molar refractivity (Wildman–Crippen MR) is 134 cm³/mol. The second-order valence-corrected chi connectivity index (χ2v) is 8.68. The SMILES string of the molecule is CCCCNc1nc(NC(=O)OC)nc2c(C)nn(Cc3cnc(C4CCNCC4)cc3OC)c12. The van der Waals surface area contributed by atoms with Crippen molar-refractivity contribution < 1.29 is 14.3 Å². The first-order valence-corrected chi connectivity index (χ1v) is 12.1. The van der Waals surface area contributed by atoms with Crippen LogP contribution in [0.2, 0.25) is 0 Å². The van der Waals surface area contributed by atoms with E-state index in [0.717, 1.165) is 73.5 Å². The molecule has 188 valence electrons. The smallest absolute Gasteiger partial charge is 0.413 e. The van der Waals surface area contributed by atoms with Gasteiger partial charge in [-0.05, 0) is 39.3 Å². The number of aromatic nitrogens is 5. The Labute approximate surface area is 205 Å². The van der Waals surface area contributed by atoms with E-state index in [9.17, 15) is 4.79 Å². The molecule has 0 atom stereocenters. The molecule has 11 heteroatoms. The summed E-state index contributed by atoms with van der Waals surface area (Å²) in [6.45, 7) is 7.22. The number of piperidine rings is 1. The summed E-state index contributed by atoms with van der Waals surface area (Å²) in [4.78, 5) is 25.6. The quantitative estimate of drug-likeness (QED) is 0.393. The minimum Gasteiger partial charge on any atom is -0.496 e. The fourth-order valence-electron chi connectivity index (χ4n) is 4.34. The van der Waals surface area contributed by atoms with E-state index in [-0.39, 0.29) is 5.95 Å². The van der Waals surface area contributed by atoms with Crippen molar-refractivity contribution in [3.05, 3.63) is 29.2 Å². The Balaban J connectivity index is 1.70. The second kappa shape index (κ2) is 11.3. The Kier molecular flexibility index (Phi) is 7.96. The van der Waals surface area contributed by atoms with E-state index in [1.54, 1.807) is 7.11 Å². The zero-order valence-electron chi connectivity index (χ0n) is 20.8. The molecule has 4 rings (SSSR count). The molecule has 3 N–H and O–H groups in total. The maximum Gasteiger partial charge on any atom is 0.413 e. The van der Waals surface area contributed by atoms with Gasteiger partial charge in [-0.15, -0.1) is 0 Å². The molecule has 1 fully saturated rings. The summed E-state index contributed by atoms with van der Waals surface area (Å²) in [6.07, 6.45) is 5.43. The molecule has 4 heterocycles. The van der Waals surface area contributed by atoms with Crippen LogP contribution >= 0.6 is 0 Å². The van der Waals surface area contributed by atoms with Crippen molar-refractivity contribution in [2.24, 2.45) is 0 Å². The summed E-state index contributed by atoms with van der Waals surface area (Å²) in [5.41, 5.74) is 4.14. The first kappa shape index (κ1) is 24.6. The molecule has 3 aromatic heterocycles. The highest BCUT2D eigenvalue weighted by atomic mass is 16.5. The number of nitrogens with one attached hydrogen (secondary N) is 3. The largest absolute Gasteiger partial charge is 0.496 e. The second-order valence-electron chi connectivity index (χ2n) is 8.68. The molecule has 11 nitrogen and oxygen atoms in total. The van der Waals surface area contributed by atoms with Gasteiger partial charge >= 0.3 is 6.09 Å². The number of nitrogens with zero attached hydrogens (tertiary/aromatic N) is 5. The normalized spacial score (nSPS) is 14.2. The van der Waals surface area contributed by atoms with Gasteiger partial charge in [-0.1, -0.05) is 13.3 Å². The number of unbranched alkanes of at least 4 members (excludes halogenated alkanes) is 1. The van der Waals surface area contributed by atoms with Crippen LogP contribution in [-0.4, -0.2) is 64.7 Å². The summed E-state index contributed by atoms with van der Waals surface area (Å²) in [5, 5.41) is 14.1. The number of hydrogen-bond acceptors (Lipinski definition) is 9. The number of anilines is 2. The average molecular weight is 483 g/mol. The lowest BCUT2D eigenvalue weighted by Crippen LogP contribution is -2.27. The van der Waals surface area contributed by atoms with Crippen LogP contribution in [0.5, 0.6) is 5.75 Å². The molecule has 35 heavy (non-hydrogen) atoms. The average Bonchev–Trinajstić information content (AvgIpc) is 3.19. The van der Waals surface area contributed by atoms with Gasteiger partial charge < -0.3 is 20.1 Å². The van der Waals surface area contributed by atoms with E-state index in [1.165, 1.54) is 7.11 Å². The first-order valence-electron chi connectivity index (χ1n) is 12.1. The molecule has 1 amide bonds. The minimum absolute atomic E-state index is 0.163. The summed E-state index contributed by atoms with van der Waals surface area (Å²) in [5.74, 6) is 2.00. The lowest BCUT2D eigenvalue weighted by atomic mass is 9.93. The first-order chi connectivity index (χ1) is 17.0. The predicted octanol–water partition coefficient (Wildman–Crippen LogP) is 3.44. The summed E-state index contributed by atoms with van der Waals surface area (Å²) in [7, 11) is 2.98. The summed E-state index contributed by atoms with van der Waals surface area (Å²) >= 11 is 0. The standard InChI is InChI=1S/C24H34N8O3/c1-5-6-9-26-22-21-20(28-23(29-22)30-24(33)35-4)15(2)31-32(21)14-17-13-27-18(12-19(17)34-3)16-7-10-25-11-8-16/h12-13,16,25H,5-11,14H2,1-4H3,(H2,26,28,29,30,33). The lowest BCUT2D eigenvalue weighted by Gasteiger charge is -2.23. The van der Waals surface area contributed by atoms with E-state index in [1.807, 2.05) is 17.8 Å². The highest BCUT2D eigenvalue weighted by Crippen LogP contribution is 2.30. The number of hydrogen-bond donors (Lipinski definition) is 3. The van der Waals surface area contributed by atoms with Gasteiger partial charge in [0.1, 0.15) is 16.8 Å². The molecule has 1 aliphatic rings. The zero-order chi connectivity index (χ0) is 24.8. The Morgan fingerprint density at radius 3 is 2.77 bits per heavy atom. The number of fused-ring (bicyclic) bond motifs is 1. The molecule has 0 aliphatic carbocycles. The van der Waals surface area contributed by atoms with E-state index in [4.69, 9.17) is 19.6 Å². The highest BCUT2D eigenvalue weighted by Gasteiger charge is 2.21. The van der Waals surface area contributed by atoms with Crippen LogP contribution in [0.3, 0.4) is 0 Å². The number of carbonyl (C=O) groups is 1. The van der Waals surface area contributed by atoms with Gasteiger partial charge in [0.15, 0.2) is 5.82 Å². The summed E-state index contributed by atoms with van der Waals surface area (Å²) in [6, 6.07) is 2.05. The summed E-state index contributed by atoms with van der Waals surface area (Å²) < 4.78 is 12.3. The Morgan fingerprint density at radius 2 is 2.06 bits per heavy atom. The van der Waals surface area contributed by atoms with Gasteiger partial charge in [-0.2, -0.15) is 10.1 Å². The fourth-order valence-corrected chi connectivity index (χ4v) is 4.34. The molecule has 3 aromatic rings. The monoisotopic (exact) mass is 482 g/mol. The Hall–Kier alpha value is -3.47. The van der Waals surface area contributed by atoms with Gasteiger partial charge in [-0.25, -0.2) is 9.78 Å². The molecule has 0 saturated carbocycles. The third kappa shape index (κ3) is 5.61. The van der Waals surface area contributed by atoms with Crippen molar-refractivity contribution in [2.75, 3.05) is 44.5 Å². The molecule has 0 radical (unpaired) electrons. The van der Waals surface area contributed by atoms with Gasteiger partial charge in [0.2, 0.25) is 5.95 Å². The number of amides is 1. The molecule has 0 spiro atoms. The van der Waals surface area contributed by atoms with Crippen LogP contribution in [0.15, 0.2) is 12.3 Å². The highest BCUT2D eigenvalue weighted by molar-refractivity contribution is 5.91. The van der Waals surface area contributed by atoms with Crippen LogP contribution in [-0.2, 0) is 11.3 Å². The van der Waals surface area contributed by atoms with Crippen molar-refractivity contribution in [3.63, 3.8) is 0 Å². The minimum atomic E-state index is -0.626. The number of aryl methyl sites for hydroxylation is 1. The topological polar surface area (TPSA) is 128 Å². The zero-order valence-corrected chi connectivity index (χ0v) is 20.8. The van der Waals surface area contributed by atoms with Gasteiger partial charge in [0.05, 0.1) is 26.5 Å². The van der Waals surface area contributed by atoms with Crippen LogP contribution in [0.25, 0.3) is 11.0 Å². The molecule has 1 aliphatic heterocycles. The van der Waals surface area contributed by atoms with E-state index in [0.29, 0.717) is 23.8 Å². The van der Waals surface area contributed by atoms with Crippen molar-refractivity contribution >= 4 is 28.9 Å². The van der Waals surface area contributed by atoms with Crippen LogP contribution in [0.4, 0.5) is 16.6 Å².